The summed E-state index contributed by atoms with van der Waals surface area (Å²) in [5.74, 6) is 0.166. The molecule has 8 heteroatoms. The van der Waals surface area contributed by atoms with Gasteiger partial charge in [-0.1, -0.05) is 23.7 Å². The van der Waals surface area contributed by atoms with Crippen LogP contribution >= 0.6 is 11.6 Å². The molecule has 2 aliphatic rings. The number of anilines is 1. The summed E-state index contributed by atoms with van der Waals surface area (Å²) in [6, 6.07) is 12.1. The lowest BCUT2D eigenvalue weighted by Gasteiger charge is -2.20. The normalized spacial score (nSPS) is 18.2. The second-order valence-corrected chi connectivity index (χ2v) is 10.1. The molecule has 1 aliphatic heterocycles. The largest absolute Gasteiger partial charge is 0.492 e. The number of sulfonamides is 1. The minimum atomic E-state index is -3.68. The van der Waals surface area contributed by atoms with Gasteiger partial charge < -0.3 is 10.1 Å². The van der Waals surface area contributed by atoms with Crippen LogP contribution in [0.5, 0.6) is 5.75 Å². The Hall–Kier alpha value is -2.09. The van der Waals surface area contributed by atoms with Crippen molar-refractivity contribution in [2.45, 2.75) is 42.9 Å². The van der Waals surface area contributed by atoms with Crippen LogP contribution in [0.25, 0.3) is 0 Å². The van der Waals surface area contributed by atoms with Crippen LogP contribution < -0.4 is 10.1 Å². The summed E-state index contributed by atoms with van der Waals surface area (Å²) in [5, 5.41) is 3.54. The van der Waals surface area contributed by atoms with Crippen LogP contribution in [0.4, 0.5) is 5.69 Å². The van der Waals surface area contributed by atoms with Gasteiger partial charge in [-0.05, 0) is 68.5 Å². The summed E-state index contributed by atoms with van der Waals surface area (Å²) in [7, 11) is -3.68. The number of nitrogens with zero attached hydrogens (tertiary/aromatic N) is 1. The van der Waals surface area contributed by atoms with Gasteiger partial charge in [0.1, 0.15) is 10.6 Å². The topological polar surface area (TPSA) is 75.7 Å². The molecule has 1 N–H and O–H groups in total. The van der Waals surface area contributed by atoms with Gasteiger partial charge in [0.25, 0.3) is 0 Å². The zero-order valence-electron chi connectivity index (χ0n) is 16.9. The number of carbonyl (C=O) groups excluding carboxylic acids is 1. The van der Waals surface area contributed by atoms with Gasteiger partial charge in [0.05, 0.1) is 12.0 Å². The fourth-order valence-corrected chi connectivity index (χ4v) is 5.72. The quantitative estimate of drug-likeness (QED) is 0.688. The fraction of sp³-hybridized carbons (Fsp3) is 0.409. The van der Waals surface area contributed by atoms with Crippen LogP contribution in [0.2, 0.25) is 5.02 Å². The smallest absolute Gasteiger partial charge is 0.246 e. The number of nitrogens with one attached hydrogen (secondary N) is 1. The van der Waals surface area contributed by atoms with E-state index in [1.807, 2.05) is 19.1 Å². The summed E-state index contributed by atoms with van der Waals surface area (Å²) in [5.41, 5.74) is 0.777. The minimum absolute atomic E-state index is 0.0976. The van der Waals surface area contributed by atoms with Crippen molar-refractivity contribution in [3.8, 4) is 5.75 Å². The molecule has 1 aliphatic carbocycles. The van der Waals surface area contributed by atoms with E-state index in [2.05, 4.69) is 5.32 Å². The molecule has 30 heavy (non-hydrogen) atoms. The molecule has 0 atom stereocenters. The number of hydrogen-bond acceptors (Lipinski definition) is 4. The van der Waals surface area contributed by atoms with E-state index >= 15 is 0 Å². The van der Waals surface area contributed by atoms with Crippen LogP contribution in [0.3, 0.4) is 0 Å². The van der Waals surface area contributed by atoms with Crippen LogP contribution in [-0.2, 0) is 20.2 Å². The molecule has 2 fully saturated rings. The Kier molecular flexibility index (Phi) is 5.79. The van der Waals surface area contributed by atoms with E-state index < -0.39 is 15.4 Å². The number of carbonyl (C=O) groups is 1. The van der Waals surface area contributed by atoms with Gasteiger partial charge in [0.15, 0.2) is 0 Å². The third-order valence-corrected chi connectivity index (χ3v) is 7.94. The van der Waals surface area contributed by atoms with Crippen molar-refractivity contribution < 1.29 is 17.9 Å². The number of ether oxygens (including phenoxy) is 1. The van der Waals surface area contributed by atoms with E-state index in [0.717, 1.165) is 31.2 Å². The van der Waals surface area contributed by atoms with Gasteiger partial charge in [-0.3, -0.25) is 4.79 Å². The molecule has 1 saturated heterocycles. The molecule has 6 nitrogen and oxygen atoms in total. The van der Waals surface area contributed by atoms with Crippen molar-refractivity contribution in [2.75, 3.05) is 25.0 Å². The first-order chi connectivity index (χ1) is 14.4. The number of hydrogen-bond donors (Lipinski definition) is 1. The van der Waals surface area contributed by atoms with Crippen LogP contribution in [-0.4, -0.2) is 38.3 Å². The monoisotopic (exact) mass is 448 g/mol. The highest BCUT2D eigenvalue weighted by Crippen LogP contribution is 2.49. The van der Waals surface area contributed by atoms with Crippen molar-refractivity contribution in [1.29, 1.82) is 0 Å². The maximum Gasteiger partial charge on any atom is 0.246 e. The summed E-state index contributed by atoms with van der Waals surface area (Å²) in [6.07, 6.45) is 3.19. The summed E-state index contributed by atoms with van der Waals surface area (Å²) in [6.45, 7) is 3.17. The molecule has 1 saturated carbocycles. The van der Waals surface area contributed by atoms with E-state index in [9.17, 15) is 13.2 Å². The predicted molar refractivity (Wildman–Crippen MR) is 117 cm³/mol. The van der Waals surface area contributed by atoms with E-state index in [4.69, 9.17) is 16.3 Å². The molecule has 160 valence electrons. The molecule has 0 spiro atoms. The first-order valence-corrected chi connectivity index (χ1v) is 12.0. The zero-order chi connectivity index (χ0) is 21.4. The molecule has 2 aromatic rings. The minimum Gasteiger partial charge on any atom is -0.492 e. The lowest BCUT2D eigenvalue weighted by Crippen LogP contribution is -2.29. The second kappa shape index (κ2) is 8.21. The summed E-state index contributed by atoms with van der Waals surface area (Å²) < 4.78 is 33.4. The molecule has 0 radical (unpaired) electrons. The third-order valence-electron chi connectivity index (χ3n) is 5.77. The first-order valence-electron chi connectivity index (χ1n) is 10.2. The van der Waals surface area contributed by atoms with Crippen molar-refractivity contribution in [2.24, 2.45) is 0 Å². The Labute approximate surface area is 182 Å². The van der Waals surface area contributed by atoms with Crippen molar-refractivity contribution in [3.63, 3.8) is 0 Å². The molecule has 0 bridgehead atoms. The van der Waals surface area contributed by atoms with Gasteiger partial charge in [0, 0.05) is 23.8 Å². The van der Waals surface area contributed by atoms with E-state index in [-0.39, 0.29) is 10.8 Å². The summed E-state index contributed by atoms with van der Waals surface area (Å²) in [4.78, 5) is 13.2. The molecular formula is C22H25ClN2O4S. The maximum atomic E-state index is 13.2. The molecule has 1 amide bonds. The summed E-state index contributed by atoms with van der Waals surface area (Å²) >= 11 is 5.97. The highest BCUT2D eigenvalue weighted by atomic mass is 35.5. The van der Waals surface area contributed by atoms with Crippen LogP contribution in [0.1, 0.15) is 38.2 Å². The average Bonchev–Trinajstić information content (AvgIpc) is 3.34. The van der Waals surface area contributed by atoms with Crippen LogP contribution in [0, 0.1) is 0 Å². The first kappa shape index (κ1) is 21.2. The lowest BCUT2D eigenvalue weighted by molar-refractivity contribution is -0.118. The number of rotatable bonds is 7. The molecular weight excluding hydrogens is 424 g/mol. The highest BCUT2D eigenvalue weighted by Gasteiger charge is 2.51. The molecule has 4 rings (SSSR count). The van der Waals surface area contributed by atoms with Gasteiger partial charge in [-0.2, -0.15) is 4.31 Å². The van der Waals surface area contributed by atoms with E-state index in [1.165, 1.54) is 10.4 Å². The molecule has 2 aromatic carbocycles. The average molecular weight is 449 g/mol. The standard InChI is InChI=1S/C22H25ClN2O4S/c1-2-29-19-10-9-18(15-20(19)30(27,28)25-13-3-4-14-25)24-21(26)22(11-12-22)16-5-7-17(23)8-6-16/h5-10,15H,2-4,11-14H2,1H3,(H,24,26). The van der Waals surface area contributed by atoms with Gasteiger partial charge in [-0.15, -0.1) is 0 Å². The van der Waals surface area contributed by atoms with Gasteiger partial charge >= 0.3 is 0 Å². The molecule has 1 heterocycles. The fourth-order valence-electron chi connectivity index (χ4n) is 3.92. The Morgan fingerprint density at radius 2 is 1.80 bits per heavy atom. The van der Waals surface area contributed by atoms with Crippen molar-refractivity contribution in [3.05, 3.63) is 53.1 Å². The van der Waals surface area contributed by atoms with Crippen molar-refractivity contribution >= 4 is 33.2 Å². The Morgan fingerprint density at radius 1 is 1.13 bits per heavy atom. The van der Waals surface area contributed by atoms with Gasteiger partial charge in [-0.25, -0.2) is 8.42 Å². The van der Waals surface area contributed by atoms with Crippen molar-refractivity contribution in [1.82, 2.24) is 4.31 Å². The van der Waals surface area contributed by atoms with E-state index in [1.54, 1.807) is 24.3 Å². The van der Waals surface area contributed by atoms with Gasteiger partial charge in [0.2, 0.25) is 15.9 Å². The molecule has 0 unspecified atom stereocenters. The SMILES string of the molecule is CCOc1ccc(NC(=O)C2(c3ccc(Cl)cc3)CC2)cc1S(=O)(=O)N1CCCC1. The second-order valence-electron chi connectivity index (χ2n) is 7.75. The highest BCUT2D eigenvalue weighted by molar-refractivity contribution is 7.89. The Morgan fingerprint density at radius 3 is 2.40 bits per heavy atom. The van der Waals surface area contributed by atoms with Crippen LogP contribution in [0.15, 0.2) is 47.4 Å². The Balaban J connectivity index is 1.62. The molecule has 0 aromatic heterocycles. The maximum absolute atomic E-state index is 13.2. The number of halogens is 1. The van der Waals surface area contributed by atoms with E-state index in [0.29, 0.717) is 36.2 Å². The Bertz CT molecular complexity index is 1040. The predicted octanol–water partition coefficient (Wildman–Crippen LogP) is 4.19. The number of benzene rings is 2. The zero-order valence-corrected chi connectivity index (χ0v) is 18.4. The number of amides is 1. The lowest BCUT2D eigenvalue weighted by atomic mass is 9.95. The third kappa shape index (κ3) is 3.94.